The second-order valence-corrected chi connectivity index (χ2v) is 7.04. The molecule has 0 aromatic heterocycles. The molecule has 2 nitrogen and oxygen atoms in total. The Hall–Kier alpha value is -0.250. The summed E-state index contributed by atoms with van der Waals surface area (Å²) in [6.45, 7) is 3.80. The van der Waals surface area contributed by atoms with Crippen molar-refractivity contribution in [3.05, 3.63) is 33.8 Å². The molecule has 1 aliphatic heterocycles. The average Bonchev–Trinajstić information content (AvgIpc) is 2.37. The number of benzene rings is 1. The van der Waals surface area contributed by atoms with E-state index in [4.69, 9.17) is 23.2 Å². The molecule has 1 aromatic rings. The first-order chi connectivity index (χ1) is 8.97. The quantitative estimate of drug-likeness (QED) is 0.721. The van der Waals surface area contributed by atoms with Crippen LogP contribution >= 0.6 is 39.1 Å². The van der Waals surface area contributed by atoms with E-state index in [1.54, 1.807) is 12.1 Å². The topological polar surface area (TPSA) is 20.3 Å². The van der Waals surface area contributed by atoms with Crippen molar-refractivity contribution in [2.45, 2.75) is 24.6 Å². The summed E-state index contributed by atoms with van der Waals surface area (Å²) in [7, 11) is 0. The predicted molar refractivity (Wildman–Crippen MR) is 83.2 cm³/mol. The summed E-state index contributed by atoms with van der Waals surface area (Å²) >= 11 is 15.5. The lowest BCUT2D eigenvalue weighted by atomic mass is 9.99. The van der Waals surface area contributed by atoms with Gasteiger partial charge in [-0.3, -0.25) is 4.79 Å². The van der Waals surface area contributed by atoms with Crippen LogP contribution in [-0.4, -0.2) is 28.7 Å². The fourth-order valence-corrected chi connectivity index (χ4v) is 2.97. The zero-order chi connectivity index (χ0) is 14.0. The number of carbonyl (C=O) groups is 1. The highest BCUT2D eigenvalue weighted by Gasteiger charge is 2.26. The Kier molecular flexibility index (Phi) is 5.15. The van der Waals surface area contributed by atoms with Crippen LogP contribution in [0, 0.1) is 5.92 Å². The Morgan fingerprint density at radius 3 is 2.79 bits per heavy atom. The molecule has 0 bridgehead atoms. The molecule has 1 amide bonds. The van der Waals surface area contributed by atoms with Gasteiger partial charge in [0.05, 0.1) is 16.5 Å². The normalized spacial score (nSPS) is 23.5. The lowest BCUT2D eigenvalue weighted by Crippen LogP contribution is -2.43. The van der Waals surface area contributed by atoms with Crippen LogP contribution in [0.4, 0.5) is 0 Å². The van der Waals surface area contributed by atoms with Gasteiger partial charge in [-0.1, -0.05) is 52.1 Å². The standard InChI is InChI=1S/C14H16BrCl2NO/c1-9-8-18(5-4-11(9)15)14(19)7-10-2-3-12(16)13(17)6-10/h2-3,6,9,11H,4-5,7-8H2,1H3. The van der Waals surface area contributed by atoms with Crippen molar-refractivity contribution in [3.63, 3.8) is 0 Å². The van der Waals surface area contributed by atoms with E-state index >= 15 is 0 Å². The van der Waals surface area contributed by atoms with Gasteiger partial charge in [-0.2, -0.15) is 0 Å². The Bertz CT molecular complexity index is 481. The molecule has 0 radical (unpaired) electrons. The summed E-state index contributed by atoms with van der Waals surface area (Å²) in [6, 6.07) is 5.36. The Morgan fingerprint density at radius 2 is 2.16 bits per heavy atom. The van der Waals surface area contributed by atoms with Gasteiger partial charge in [-0.05, 0) is 30.0 Å². The molecule has 1 aromatic carbocycles. The molecule has 104 valence electrons. The maximum Gasteiger partial charge on any atom is 0.227 e. The molecule has 5 heteroatoms. The number of piperidine rings is 1. The third kappa shape index (κ3) is 3.87. The highest BCUT2D eigenvalue weighted by molar-refractivity contribution is 9.09. The summed E-state index contributed by atoms with van der Waals surface area (Å²) in [4.78, 5) is 14.7. The van der Waals surface area contributed by atoms with E-state index in [0.717, 1.165) is 25.1 Å². The largest absolute Gasteiger partial charge is 0.342 e. The smallest absolute Gasteiger partial charge is 0.227 e. The zero-order valence-corrected chi connectivity index (χ0v) is 13.8. The summed E-state index contributed by atoms with van der Waals surface area (Å²) in [5.41, 5.74) is 0.910. The first kappa shape index (κ1) is 15.1. The minimum absolute atomic E-state index is 0.157. The molecule has 2 rings (SSSR count). The molecule has 1 aliphatic rings. The van der Waals surface area contributed by atoms with Crippen molar-refractivity contribution in [2.24, 2.45) is 5.92 Å². The maximum absolute atomic E-state index is 12.3. The van der Waals surface area contributed by atoms with Crippen LogP contribution in [-0.2, 0) is 11.2 Å². The second kappa shape index (κ2) is 6.47. The zero-order valence-electron chi connectivity index (χ0n) is 10.7. The minimum atomic E-state index is 0.157. The van der Waals surface area contributed by atoms with Crippen LogP contribution in [0.2, 0.25) is 10.0 Å². The molecule has 0 spiro atoms. The molecule has 1 fully saturated rings. The SMILES string of the molecule is CC1CN(C(=O)Cc2ccc(Cl)c(Cl)c2)CCC1Br. The summed E-state index contributed by atoms with van der Waals surface area (Å²) < 4.78 is 0. The maximum atomic E-state index is 12.3. The van der Waals surface area contributed by atoms with E-state index < -0.39 is 0 Å². The van der Waals surface area contributed by atoms with E-state index in [-0.39, 0.29) is 5.91 Å². The molecule has 2 unspecified atom stereocenters. The molecule has 1 saturated heterocycles. The molecular weight excluding hydrogens is 349 g/mol. The molecule has 19 heavy (non-hydrogen) atoms. The Balaban J connectivity index is 1.99. The van der Waals surface area contributed by atoms with E-state index in [1.807, 2.05) is 11.0 Å². The number of halogens is 3. The third-order valence-electron chi connectivity index (χ3n) is 3.49. The molecule has 0 aliphatic carbocycles. The fraction of sp³-hybridized carbons (Fsp3) is 0.500. The number of alkyl halides is 1. The molecule has 0 N–H and O–H groups in total. The van der Waals surface area contributed by atoms with Crippen LogP contribution < -0.4 is 0 Å². The van der Waals surface area contributed by atoms with Gasteiger partial charge in [0, 0.05) is 17.9 Å². The van der Waals surface area contributed by atoms with Crippen LogP contribution in [0.5, 0.6) is 0 Å². The predicted octanol–water partition coefficient (Wildman–Crippen LogP) is 4.17. The van der Waals surface area contributed by atoms with Crippen molar-refractivity contribution >= 4 is 45.0 Å². The summed E-state index contributed by atoms with van der Waals surface area (Å²) in [6.07, 6.45) is 1.39. The fourth-order valence-electron chi connectivity index (χ4n) is 2.28. The van der Waals surface area contributed by atoms with Crippen molar-refractivity contribution in [2.75, 3.05) is 13.1 Å². The lowest BCUT2D eigenvalue weighted by molar-refractivity contribution is -0.132. The van der Waals surface area contributed by atoms with Gasteiger partial charge >= 0.3 is 0 Å². The van der Waals surface area contributed by atoms with Gasteiger partial charge in [0.1, 0.15) is 0 Å². The number of hydrogen-bond acceptors (Lipinski definition) is 1. The minimum Gasteiger partial charge on any atom is -0.342 e. The number of nitrogens with zero attached hydrogens (tertiary/aromatic N) is 1. The van der Waals surface area contributed by atoms with E-state index in [0.29, 0.717) is 27.2 Å². The number of carbonyl (C=O) groups excluding carboxylic acids is 1. The highest BCUT2D eigenvalue weighted by Crippen LogP contribution is 2.25. The van der Waals surface area contributed by atoms with Gasteiger partial charge in [-0.25, -0.2) is 0 Å². The van der Waals surface area contributed by atoms with Crippen LogP contribution in [0.15, 0.2) is 18.2 Å². The first-order valence-electron chi connectivity index (χ1n) is 6.33. The lowest BCUT2D eigenvalue weighted by Gasteiger charge is -2.34. The van der Waals surface area contributed by atoms with Gasteiger partial charge < -0.3 is 4.90 Å². The Morgan fingerprint density at radius 1 is 1.42 bits per heavy atom. The number of amides is 1. The van der Waals surface area contributed by atoms with Gasteiger partial charge in [0.25, 0.3) is 0 Å². The van der Waals surface area contributed by atoms with E-state index in [2.05, 4.69) is 22.9 Å². The average molecular weight is 365 g/mol. The van der Waals surface area contributed by atoms with E-state index in [9.17, 15) is 4.79 Å². The number of hydrogen-bond donors (Lipinski definition) is 0. The van der Waals surface area contributed by atoms with Crippen molar-refractivity contribution in [3.8, 4) is 0 Å². The monoisotopic (exact) mass is 363 g/mol. The van der Waals surface area contributed by atoms with Crippen molar-refractivity contribution in [1.29, 1.82) is 0 Å². The van der Waals surface area contributed by atoms with E-state index in [1.165, 1.54) is 0 Å². The third-order valence-corrected chi connectivity index (χ3v) is 5.59. The van der Waals surface area contributed by atoms with Crippen molar-refractivity contribution < 1.29 is 4.79 Å². The van der Waals surface area contributed by atoms with Crippen LogP contribution in [0.1, 0.15) is 18.9 Å². The molecular formula is C14H16BrCl2NO. The molecule has 1 heterocycles. The highest BCUT2D eigenvalue weighted by atomic mass is 79.9. The summed E-state index contributed by atoms with van der Waals surface area (Å²) in [5.74, 6) is 0.649. The van der Waals surface area contributed by atoms with Crippen molar-refractivity contribution in [1.82, 2.24) is 4.90 Å². The number of rotatable bonds is 2. The molecule has 2 atom stereocenters. The Labute approximate surface area is 132 Å². The van der Waals surface area contributed by atoms with Gasteiger partial charge in [0.2, 0.25) is 5.91 Å². The van der Waals surface area contributed by atoms with Gasteiger partial charge in [0.15, 0.2) is 0 Å². The van der Waals surface area contributed by atoms with Gasteiger partial charge in [-0.15, -0.1) is 0 Å². The van der Waals surface area contributed by atoms with Crippen LogP contribution in [0.25, 0.3) is 0 Å². The molecule has 0 saturated carbocycles. The second-order valence-electron chi connectivity index (χ2n) is 5.05. The van der Waals surface area contributed by atoms with Crippen LogP contribution in [0.3, 0.4) is 0 Å². The first-order valence-corrected chi connectivity index (χ1v) is 8.00. The summed E-state index contributed by atoms with van der Waals surface area (Å²) in [5, 5.41) is 1.02. The number of likely N-dealkylation sites (tertiary alicyclic amines) is 1.